The van der Waals surface area contributed by atoms with Crippen LogP contribution in [0.15, 0.2) is 21.9 Å². The second kappa shape index (κ2) is 7.82. The number of rotatable bonds is 5. The predicted molar refractivity (Wildman–Crippen MR) is 94.2 cm³/mol. The van der Waals surface area contributed by atoms with Gasteiger partial charge < -0.3 is 14.1 Å². The molecule has 0 radical (unpaired) electrons. The first-order valence-corrected chi connectivity index (χ1v) is 9.41. The molecule has 1 atom stereocenters. The lowest BCUT2D eigenvalue weighted by Crippen LogP contribution is -2.43. The molecule has 3 rings (SSSR count). The van der Waals surface area contributed by atoms with Gasteiger partial charge in [0.05, 0.1) is 29.5 Å². The van der Waals surface area contributed by atoms with Gasteiger partial charge in [0.2, 0.25) is 11.8 Å². The molecule has 0 bridgehead atoms. The predicted octanol–water partition coefficient (Wildman–Crippen LogP) is 3.06. The van der Waals surface area contributed by atoms with Crippen LogP contribution in [-0.4, -0.2) is 41.5 Å². The van der Waals surface area contributed by atoms with Gasteiger partial charge in [-0.2, -0.15) is 0 Å². The molecule has 1 unspecified atom stereocenters. The van der Waals surface area contributed by atoms with Crippen molar-refractivity contribution in [2.45, 2.75) is 33.1 Å². The van der Waals surface area contributed by atoms with Crippen LogP contribution in [-0.2, 0) is 20.7 Å². The van der Waals surface area contributed by atoms with Gasteiger partial charge in [0, 0.05) is 13.1 Å². The summed E-state index contributed by atoms with van der Waals surface area (Å²) in [6, 6.07) is 3.88. The maximum Gasteiger partial charge on any atom is 0.310 e. The van der Waals surface area contributed by atoms with Crippen LogP contribution in [0.25, 0.3) is 10.8 Å². The summed E-state index contributed by atoms with van der Waals surface area (Å²) in [5, 5.41) is 1.96. The lowest BCUT2D eigenvalue weighted by molar-refractivity contribution is -0.151. The number of hydrogen-bond acceptors (Lipinski definition) is 6. The number of piperidine rings is 1. The summed E-state index contributed by atoms with van der Waals surface area (Å²) in [5.41, 5.74) is 0.659. The maximum absolute atomic E-state index is 12.6. The zero-order valence-electron chi connectivity index (χ0n) is 14.5. The summed E-state index contributed by atoms with van der Waals surface area (Å²) >= 11 is 1.55. The number of carbonyl (C=O) groups excluding carboxylic acids is 2. The van der Waals surface area contributed by atoms with Crippen LogP contribution in [0, 0.1) is 12.8 Å². The van der Waals surface area contributed by atoms with Crippen molar-refractivity contribution in [3.8, 4) is 10.8 Å². The highest BCUT2D eigenvalue weighted by Crippen LogP contribution is 2.26. The molecule has 134 valence electrons. The summed E-state index contributed by atoms with van der Waals surface area (Å²) in [6.45, 7) is 5.08. The number of aryl methyl sites for hydroxylation is 1. The second-order valence-corrected chi connectivity index (χ2v) is 7.05. The average molecular weight is 362 g/mol. The Bertz CT molecular complexity index is 738. The van der Waals surface area contributed by atoms with Gasteiger partial charge in [0.1, 0.15) is 5.76 Å². The third-order valence-corrected chi connectivity index (χ3v) is 5.20. The van der Waals surface area contributed by atoms with E-state index in [1.807, 2.05) is 24.4 Å². The van der Waals surface area contributed by atoms with Crippen molar-refractivity contribution < 1.29 is 18.7 Å². The van der Waals surface area contributed by atoms with E-state index in [0.29, 0.717) is 37.0 Å². The zero-order valence-corrected chi connectivity index (χ0v) is 15.3. The van der Waals surface area contributed by atoms with Crippen molar-refractivity contribution in [3.63, 3.8) is 0 Å². The summed E-state index contributed by atoms with van der Waals surface area (Å²) < 4.78 is 10.8. The van der Waals surface area contributed by atoms with Gasteiger partial charge in [-0.05, 0) is 38.1 Å². The van der Waals surface area contributed by atoms with Gasteiger partial charge in [-0.3, -0.25) is 9.59 Å². The SMILES string of the molecule is CCOC(=O)C1CCCN(C(=O)Cc2nc(-c3cccs3)oc2C)C1. The molecule has 1 amide bonds. The highest BCUT2D eigenvalue weighted by atomic mass is 32.1. The fourth-order valence-electron chi connectivity index (χ4n) is 3.01. The molecule has 1 fully saturated rings. The molecule has 0 aromatic carbocycles. The molecule has 7 heteroatoms. The lowest BCUT2D eigenvalue weighted by Gasteiger charge is -2.31. The second-order valence-electron chi connectivity index (χ2n) is 6.11. The minimum absolute atomic E-state index is 0.0249. The van der Waals surface area contributed by atoms with E-state index >= 15 is 0 Å². The van der Waals surface area contributed by atoms with Crippen molar-refractivity contribution in [1.82, 2.24) is 9.88 Å². The quantitative estimate of drug-likeness (QED) is 0.765. The Morgan fingerprint density at radius 2 is 2.32 bits per heavy atom. The fraction of sp³-hybridized carbons (Fsp3) is 0.500. The Labute approximate surface area is 150 Å². The van der Waals surface area contributed by atoms with E-state index in [-0.39, 0.29) is 24.2 Å². The summed E-state index contributed by atoms with van der Waals surface area (Å²) in [5.74, 6) is 0.757. The van der Waals surface area contributed by atoms with Crippen LogP contribution in [0.3, 0.4) is 0 Å². The van der Waals surface area contributed by atoms with Crippen molar-refractivity contribution in [2.24, 2.45) is 5.92 Å². The van der Waals surface area contributed by atoms with Crippen molar-refractivity contribution >= 4 is 23.2 Å². The van der Waals surface area contributed by atoms with E-state index in [1.54, 1.807) is 23.2 Å². The Morgan fingerprint density at radius 1 is 1.48 bits per heavy atom. The first kappa shape index (κ1) is 17.7. The van der Waals surface area contributed by atoms with Gasteiger partial charge in [-0.25, -0.2) is 4.98 Å². The molecular weight excluding hydrogens is 340 g/mol. The first-order chi connectivity index (χ1) is 12.1. The number of hydrogen-bond donors (Lipinski definition) is 0. The van der Waals surface area contributed by atoms with Gasteiger partial charge in [-0.1, -0.05) is 6.07 Å². The lowest BCUT2D eigenvalue weighted by atomic mass is 9.98. The first-order valence-electron chi connectivity index (χ1n) is 8.53. The Balaban J connectivity index is 1.65. The van der Waals surface area contributed by atoms with E-state index < -0.39 is 0 Å². The van der Waals surface area contributed by atoms with E-state index in [4.69, 9.17) is 9.15 Å². The molecule has 0 saturated carbocycles. The van der Waals surface area contributed by atoms with E-state index in [0.717, 1.165) is 17.7 Å². The number of oxazole rings is 1. The smallest absolute Gasteiger partial charge is 0.310 e. The molecule has 6 nitrogen and oxygen atoms in total. The highest BCUT2D eigenvalue weighted by Gasteiger charge is 2.30. The van der Waals surface area contributed by atoms with Gasteiger partial charge in [0.25, 0.3) is 0 Å². The number of thiophene rings is 1. The zero-order chi connectivity index (χ0) is 17.8. The monoisotopic (exact) mass is 362 g/mol. The number of carbonyl (C=O) groups is 2. The summed E-state index contributed by atoms with van der Waals surface area (Å²) in [6.07, 6.45) is 1.78. The Kier molecular flexibility index (Phi) is 5.53. The normalized spacial score (nSPS) is 17.5. The Morgan fingerprint density at radius 3 is 3.04 bits per heavy atom. The average Bonchev–Trinajstić information content (AvgIpc) is 3.25. The van der Waals surface area contributed by atoms with Crippen LogP contribution >= 0.6 is 11.3 Å². The molecule has 0 N–H and O–H groups in total. The van der Waals surface area contributed by atoms with Crippen LogP contribution in [0.1, 0.15) is 31.2 Å². The fourth-order valence-corrected chi connectivity index (χ4v) is 3.66. The van der Waals surface area contributed by atoms with Gasteiger partial charge in [-0.15, -0.1) is 11.3 Å². The molecular formula is C18H22N2O4S. The minimum atomic E-state index is -0.224. The van der Waals surface area contributed by atoms with E-state index in [2.05, 4.69) is 4.98 Å². The van der Waals surface area contributed by atoms with Crippen LogP contribution in [0.2, 0.25) is 0 Å². The van der Waals surface area contributed by atoms with Crippen LogP contribution in [0.5, 0.6) is 0 Å². The van der Waals surface area contributed by atoms with Crippen molar-refractivity contribution in [1.29, 1.82) is 0 Å². The molecule has 0 spiro atoms. The van der Waals surface area contributed by atoms with Crippen molar-refractivity contribution in [2.75, 3.05) is 19.7 Å². The molecule has 2 aromatic rings. The number of amides is 1. The molecule has 3 heterocycles. The standard InChI is InChI=1S/C18H22N2O4S/c1-3-23-18(22)13-6-4-8-20(11-13)16(21)10-14-12(2)24-17(19-14)15-7-5-9-25-15/h5,7,9,13H,3-4,6,8,10-11H2,1-2H3. The third kappa shape index (κ3) is 4.10. The largest absolute Gasteiger partial charge is 0.466 e. The number of nitrogens with zero attached hydrogens (tertiary/aromatic N) is 2. The summed E-state index contributed by atoms with van der Waals surface area (Å²) in [4.78, 5) is 31.7. The topological polar surface area (TPSA) is 72.6 Å². The van der Waals surface area contributed by atoms with Gasteiger partial charge in [0.15, 0.2) is 0 Å². The van der Waals surface area contributed by atoms with E-state index in [9.17, 15) is 9.59 Å². The number of ether oxygens (including phenoxy) is 1. The molecule has 25 heavy (non-hydrogen) atoms. The maximum atomic E-state index is 12.6. The van der Waals surface area contributed by atoms with Crippen LogP contribution < -0.4 is 0 Å². The van der Waals surface area contributed by atoms with Crippen LogP contribution in [0.4, 0.5) is 0 Å². The van der Waals surface area contributed by atoms with E-state index in [1.165, 1.54) is 0 Å². The molecule has 1 aliphatic rings. The molecule has 1 aliphatic heterocycles. The van der Waals surface area contributed by atoms with Gasteiger partial charge >= 0.3 is 5.97 Å². The third-order valence-electron chi connectivity index (χ3n) is 4.34. The molecule has 2 aromatic heterocycles. The Hall–Kier alpha value is -2.15. The minimum Gasteiger partial charge on any atom is -0.466 e. The number of aromatic nitrogens is 1. The molecule has 1 saturated heterocycles. The highest BCUT2D eigenvalue weighted by molar-refractivity contribution is 7.13. The number of esters is 1. The van der Waals surface area contributed by atoms with Crippen molar-refractivity contribution in [3.05, 3.63) is 29.0 Å². The summed E-state index contributed by atoms with van der Waals surface area (Å²) in [7, 11) is 0. The molecule has 0 aliphatic carbocycles. The number of likely N-dealkylation sites (tertiary alicyclic amines) is 1.